The Hall–Kier alpha value is -1.46. The van der Waals surface area contributed by atoms with E-state index in [9.17, 15) is 0 Å². The summed E-state index contributed by atoms with van der Waals surface area (Å²) in [5, 5.41) is 3.37. The molecule has 0 aromatic heterocycles. The third-order valence-electron chi connectivity index (χ3n) is 2.41. The summed E-state index contributed by atoms with van der Waals surface area (Å²) in [7, 11) is 0. The van der Waals surface area contributed by atoms with Crippen LogP contribution in [0.5, 0.6) is 5.75 Å². The molecule has 0 unspecified atom stereocenters. The monoisotopic (exact) mass is 231 g/mol. The zero-order valence-electron chi connectivity index (χ0n) is 10.5. The third-order valence-corrected chi connectivity index (χ3v) is 2.41. The molecule has 0 fully saturated rings. The standard InChI is InChI=1S/C15H21NO/c1-3-5-6-12-17-15-9-7-14(8-10-15)13-16-11-4-2/h1,7-10,16H,4-6,11-13H2,2H3. The van der Waals surface area contributed by atoms with Gasteiger partial charge in [0, 0.05) is 13.0 Å². The smallest absolute Gasteiger partial charge is 0.119 e. The first-order chi connectivity index (χ1) is 8.36. The summed E-state index contributed by atoms with van der Waals surface area (Å²) in [4.78, 5) is 0. The average molecular weight is 231 g/mol. The van der Waals surface area contributed by atoms with Crippen LogP contribution in [0.2, 0.25) is 0 Å². The molecule has 2 heteroatoms. The van der Waals surface area contributed by atoms with E-state index in [4.69, 9.17) is 11.2 Å². The maximum Gasteiger partial charge on any atom is 0.119 e. The third kappa shape index (κ3) is 5.99. The fourth-order valence-corrected chi connectivity index (χ4v) is 1.48. The van der Waals surface area contributed by atoms with Crippen LogP contribution in [0, 0.1) is 12.3 Å². The van der Waals surface area contributed by atoms with Gasteiger partial charge in [0.1, 0.15) is 5.75 Å². The van der Waals surface area contributed by atoms with Crippen LogP contribution >= 0.6 is 0 Å². The van der Waals surface area contributed by atoms with Gasteiger partial charge >= 0.3 is 0 Å². The van der Waals surface area contributed by atoms with Crippen molar-refractivity contribution >= 4 is 0 Å². The first-order valence-corrected chi connectivity index (χ1v) is 6.22. The molecule has 1 N–H and O–H groups in total. The molecule has 0 bridgehead atoms. The van der Waals surface area contributed by atoms with E-state index in [1.54, 1.807) is 0 Å². The number of unbranched alkanes of at least 4 members (excludes halogenated alkanes) is 1. The van der Waals surface area contributed by atoms with Crippen molar-refractivity contribution in [1.29, 1.82) is 0 Å². The van der Waals surface area contributed by atoms with Gasteiger partial charge in [0.15, 0.2) is 0 Å². The Morgan fingerprint density at radius 2 is 2.06 bits per heavy atom. The Labute approximate surface area is 104 Å². The molecule has 17 heavy (non-hydrogen) atoms. The van der Waals surface area contributed by atoms with Gasteiger partial charge in [0.25, 0.3) is 0 Å². The Kier molecular flexibility index (Phi) is 6.93. The minimum atomic E-state index is 0.692. The molecule has 0 saturated carbocycles. The van der Waals surface area contributed by atoms with Crippen LogP contribution in [0.4, 0.5) is 0 Å². The van der Waals surface area contributed by atoms with Gasteiger partial charge < -0.3 is 10.1 Å². The zero-order chi connectivity index (χ0) is 12.3. The molecule has 0 atom stereocenters. The van der Waals surface area contributed by atoms with Crippen LogP contribution in [0.3, 0.4) is 0 Å². The minimum Gasteiger partial charge on any atom is -0.494 e. The van der Waals surface area contributed by atoms with Crippen molar-refractivity contribution in [3.05, 3.63) is 29.8 Å². The predicted octanol–water partition coefficient (Wildman–Crippen LogP) is 2.98. The van der Waals surface area contributed by atoms with Crippen molar-refractivity contribution in [2.45, 2.75) is 32.7 Å². The molecule has 0 spiro atoms. The van der Waals surface area contributed by atoms with Gasteiger partial charge in [-0.3, -0.25) is 0 Å². The maximum atomic E-state index is 5.57. The summed E-state index contributed by atoms with van der Waals surface area (Å²) in [6, 6.07) is 8.22. The lowest BCUT2D eigenvalue weighted by molar-refractivity contribution is 0.313. The van der Waals surface area contributed by atoms with Crippen LogP contribution < -0.4 is 10.1 Å². The van der Waals surface area contributed by atoms with E-state index in [0.29, 0.717) is 6.61 Å². The minimum absolute atomic E-state index is 0.692. The molecular formula is C15H21NO. The predicted molar refractivity (Wildman–Crippen MR) is 72.0 cm³/mol. The van der Waals surface area contributed by atoms with Gasteiger partial charge in [-0.15, -0.1) is 12.3 Å². The van der Waals surface area contributed by atoms with Crippen LogP contribution in [0.25, 0.3) is 0 Å². The van der Waals surface area contributed by atoms with Gasteiger partial charge in [-0.05, 0) is 37.1 Å². The van der Waals surface area contributed by atoms with Crippen molar-refractivity contribution in [1.82, 2.24) is 5.32 Å². The highest BCUT2D eigenvalue weighted by Crippen LogP contribution is 2.12. The summed E-state index contributed by atoms with van der Waals surface area (Å²) in [5.74, 6) is 3.52. The van der Waals surface area contributed by atoms with Gasteiger partial charge in [-0.2, -0.15) is 0 Å². The topological polar surface area (TPSA) is 21.3 Å². The van der Waals surface area contributed by atoms with Crippen molar-refractivity contribution in [3.63, 3.8) is 0 Å². The van der Waals surface area contributed by atoms with Crippen molar-refractivity contribution in [2.24, 2.45) is 0 Å². The van der Waals surface area contributed by atoms with Gasteiger partial charge in [0.2, 0.25) is 0 Å². The fraction of sp³-hybridized carbons (Fsp3) is 0.467. The van der Waals surface area contributed by atoms with Crippen molar-refractivity contribution in [2.75, 3.05) is 13.2 Å². The number of rotatable bonds is 8. The molecule has 0 aliphatic carbocycles. The van der Waals surface area contributed by atoms with Crippen molar-refractivity contribution in [3.8, 4) is 18.1 Å². The second kappa shape index (κ2) is 8.66. The molecule has 1 rings (SSSR count). The van der Waals surface area contributed by atoms with E-state index in [1.165, 1.54) is 5.56 Å². The molecule has 0 aliphatic rings. The van der Waals surface area contributed by atoms with Gasteiger partial charge in [-0.25, -0.2) is 0 Å². The normalized spacial score (nSPS) is 9.88. The summed E-state index contributed by atoms with van der Waals surface area (Å²) >= 11 is 0. The molecule has 2 nitrogen and oxygen atoms in total. The number of benzene rings is 1. The van der Waals surface area contributed by atoms with Crippen LogP contribution in [0.1, 0.15) is 31.7 Å². The highest BCUT2D eigenvalue weighted by molar-refractivity contribution is 5.27. The fourth-order valence-electron chi connectivity index (χ4n) is 1.48. The Morgan fingerprint density at radius 3 is 2.71 bits per heavy atom. The second-order valence-corrected chi connectivity index (χ2v) is 3.98. The Bertz CT molecular complexity index is 337. The summed E-state index contributed by atoms with van der Waals surface area (Å²) in [6.45, 7) is 4.84. The number of nitrogens with one attached hydrogen (secondary N) is 1. The zero-order valence-corrected chi connectivity index (χ0v) is 10.5. The van der Waals surface area contributed by atoms with Gasteiger partial charge in [-0.1, -0.05) is 19.1 Å². The quantitative estimate of drug-likeness (QED) is 0.548. The van der Waals surface area contributed by atoms with Crippen molar-refractivity contribution < 1.29 is 4.74 Å². The van der Waals surface area contributed by atoms with Gasteiger partial charge in [0.05, 0.1) is 6.61 Å². The average Bonchev–Trinajstić information content (AvgIpc) is 2.37. The lowest BCUT2D eigenvalue weighted by Gasteiger charge is -2.07. The van der Waals surface area contributed by atoms with Crippen LogP contribution in [-0.4, -0.2) is 13.2 Å². The highest BCUT2D eigenvalue weighted by Gasteiger charge is 1.95. The molecule has 0 aliphatic heterocycles. The number of ether oxygens (including phenoxy) is 1. The number of hydrogen-bond acceptors (Lipinski definition) is 2. The van der Waals surface area contributed by atoms with E-state index in [1.807, 2.05) is 12.1 Å². The van der Waals surface area contributed by atoms with E-state index < -0.39 is 0 Å². The molecule has 92 valence electrons. The van der Waals surface area contributed by atoms with E-state index in [0.717, 1.165) is 38.1 Å². The molecular weight excluding hydrogens is 210 g/mol. The van der Waals surface area contributed by atoms with E-state index in [-0.39, 0.29) is 0 Å². The van der Waals surface area contributed by atoms with Crippen LogP contribution in [-0.2, 0) is 6.54 Å². The summed E-state index contributed by atoms with van der Waals surface area (Å²) in [6.07, 6.45) is 8.03. The maximum absolute atomic E-state index is 5.57. The first-order valence-electron chi connectivity index (χ1n) is 6.22. The van der Waals surface area contributed by atoms with E-state index >= 15 is 0 Å². The Morgan fingerprint density at radius 1 is 1.29 bits per heavy atom. The van der Waals surface area contributed by atoms with E-state index in [2.05, 4.69) is 30.3 Å². The molecule has 0 saturated heterocycles. The first kappa shape index (κ1) is 13.6. The Balaban J connectivity index is 2.27. The van der Waals surface area contributed by atoms with Crippen LogP contribution in [0.15, 0.2) is 24.3 Å². The lowest BCUT2D eigenvalue weighted by Crippen LogP contribution is -2.13. The molecule has 0 heterocycles. The number of hydrogen-bond donors (Lipinski definition) is 1. The highest BCUT2D eigenvalue weighted by atomic mass is 16.5. The summed E-state index contributed by atoms with van der Waals surface area (Å²) < 4.78 is 5.57. The molecule has 0 radical (unpaired) electrons. The summed E-state index contributed by atoms with van der Waals surface area (Å²) in [5.41, 5.74) is 1.29. The molecule has 1 aromatic carbocycles. The molecule has 0 amide bonds. The SMILES string of the molecule is C#CCCCOc1ccc(CNCCC)cc1. The molecule has 1 aromatic rings. The largest absolute Gasteiger partial charge is 0.494 e. The second-order valence-electron chi connectivity index (χ2n) is 3.98. The lowest BCUT2D eigenvalue weighted by atomic mass is 10.2. The number of terminal acetylenes is 1.